The zero-order chi connectivity index (χ0) is 32.1. The number of benzene rings is 1. The van der Waals surface area contributed by atoms with Crippen molar-refractivity contribution < 1.29 is 14.0 Å². The number of amidine groups is 1. The summed E-state index contributed by atoms with van der Waals surface area (Å²) >= 11 is 7.04. The Morgan fingerprint density at radius 2 is 1.90 bits per heavy atom. The highest BCUT2D eigenvalue weighted by Crippen LogP contribution is 2.36. The van der Waals surface area contributed by atoms with E-state index in [1.165, 1.54) is 24.1 Å². The van der Waals surface area contributed by atoms with Crippen LogP contribution in [0.3, 0.4) is 0 Å². The number of hydrogen-bond donors (Lipinski definition) is 2. The number of hydroxylamine groups is 2. The maximum atomic E-state index is 13.1. The molecule has 3 rings (SSSR count). The number of hydrogen-bond acceptors (Lipinski definition) is 6. The van der Waals surface area contributed by atoms with Gasteiger partial charge in [0.05, 0.1) is 12.3 Å². The molecule has 2 atom stereocenters. The first-order valence-corrected chi connectivity index (χ1v) is 15.6. The summed E-state index contributed by atoms with van der Waals surface area (Å²) in [6.07, 6.45) is 11.7. The van der Waals surface area contributed by atoms with Gasteiger partial charge in [0.2, 0.25) is 0 Å². The lowest BCUT2D eigenvalue weighted by Gasteiger charge is -2.29. The Bertz CT molecular complexity index is 1110. The minimum absolute atomic E-state index is 0.260. The molecule has 0 saturated carbocycles. The van der Waals surface area contributed by atoms with Crippen LogP contribution in [-0.2, 0) is 0 Å². The molecular weight excluding hydrogens is 574 g/mol. The molecule has 0 aromatic heterocycles. The quantitative estimate of drug-likeness (QED) is 0.163. The van der Waals surface area contributed by atoms with E-state index in [0.29, 0.717) is 30.2 Å². The summed E-state index contributed by atoms with van der Waals surface area (Å²) in [4.78, 5) is 8.07. The van der Waals surface area contributed by atoms with Gasteiger partial charge >= 0.3 is 0 Å². The Kier molecular flexibility index (Phi) is 21.6. The van der Waals surface area contributed by atoms with Crippen LogP contribution in [0.2, 0.25) is 5.02 Å². The van der Waals surface area contributed by atoms with E-state index >= 15 is 0 Å². The van der Waals surface area contributed by atoms with Crippen molar-refractivity contribution >= 4 is 34.9 Å². The molecule has 2 heterocycles. The van der Waals surface area contributed by atoms with Crippen molar-refractivity contribution in [1.29, 1.82) is 5.41 Å². The van der Waals surface area contributed by atoms with Gasteiger partial charge in [0, 0.05) is 41.3 Å². The van der Waals surface area contributed by atoms with Gasteiger partial charge in [-0.1, -0.05) is 73.7 Å². The number of alkyl halides is 1. The smallest absolute Gasteiger partial charge is 0.142 e. The Morgan fingerprint density at radius 1 is 1.24 bits per heavy atom. The van der Waals surface area contributed by atoms with Crippen molar-refractivity contribution in [1.82, 2.24) is 9.96 Å². The minimum atomic E-state index is -0.911. The number of fused-ring (bicyclic) bond motifs is 1. The number of aliphatic imine (C=N–C) groups is 1. The van der Waals surface area contributed by atoms with Crippen molar-refractivity contribution in [2.24, 2.45) is 10.9 Å². The summed E-state index contributed by atoms with van der Waals surface area (Å²) in [5, 5.41) is 21.8. The Balaban J connectivity index is 0.000000988. The van der Waals surface area contributed by atoms with Gasteiger partial charge in [-0.05, 0) is 83.1 Å². The fraction of sp³-hybridized carbons (Fsp3) is 0.455. The van der Waals surface area contributed by atoms with Crippen molar-refractivity contribution in [3.63, 3.8) is 0 Å². The Morgan fingerprint density at radius 3 is 2.38 bits per heavy atom. The summed E-state index contributed by atoms with van der Waals surface area (Å²) in [7, 11) is 1.66. The molecule has 0 aliphatic carbocycles. The Hall–Kier alpha value is -2.52. The lowest BCUT2D eigenvalue weighted by atomic mass is 10.0. The lowest BCUT2D eigenvalue weighted by Crippen LogP contribution is -2.34. The van der Waals surface area contributed by atoms with Gasteiger partial charge < -0.3 is 15.5 Å². The molecule has 0 radical (unpaired) electrons. The second-order valence-corrected chi connectivity index (χ2v) is 10.6. The van der Waals surface area contributed by atoms with Crippen molar-refractivity contribution in [3.8, 4) is 0 Å². The van der Waals surface area contributed by atoms with Gasteiger partial charge in [-0.3, -0.25) is 4.99 Å². The van der Waals surface area contributed by atoms with Crippen LogP contribution < -0.4 is 0 Å². The third-order valence-corrected chi connectivity index (χ3v) is 7.08. The molecule has 5 nitrogen and oxygen atoms in total. The summed E-state index contributed by atoms with van der Waals surface area (Å²) < 4.78 is 25.1. The van der Waals surface area contributed by atoms with Gasteiger partial charge in [0.25, 0.3) is 0 Å². The average Bonchev–Trinajstić information content (AvgIpc) is 3.37. The third-order valence-electron chi connectivity index (χ3n) is 5.77. The van der Waals surface area contributed by atoms with Gasteiger partial charge in [-0.15, -0.1) is 0 Å². The molecule has 234 valence electrons. The maximum absolute atomic E-state index is 13.1. The average molecular weight is 623 g/mol. The standard InChI is InChI=1S/C21H31FN4OS.C6H4ClF.C4H8.C2H6/c1-5-10-28-20(6-2)21-24-12-17(18(23)9-7-8-15(3)22)19-11-16(13-25(4)27)14-26(19)21;7-5-2-1-3-6(8)4-5;1-3-4-2;1-2/h5-7,9-10,15-16,23,27H,8,11-14H2,1-4H3;1-4H;3-4H,1-2H3;1-2H3/b9-7-,10-5-,20-6?,23-18?;;;. The van der Waals surface area contributed by atoms with E-state index in [1.54, 1.807) is 43.1 Å². The molecule has 2 unspecified atom stereocenters. The van der Waals surface area contributed by atoms with Gasteiger partial charge in [0.15, 0.2) is 0 Å². The molecule has 1 fully saturated rings. The molecule has 42 heavy (non-hydrogen) atoms. The second-order valence-electron chi connectivity index (χ2n) is 9.27. The number of halogens is 3. The first-order chi connectivity index (χ1) is 20.1. The molecule has 1 aromatic carbocycles. The molecule has 2 aliphatic rings. The third kappa shape index (κ3) is 15.1. The van der Waals surface area contributed by atoms with Gasteiger partial charge in [-0.25, -0.2) is 8.78 Å². The first kappa shape index (κ1) is 39.5. The molecule has 9 heteroatoms. The number of nitrogens with one attached hydrogen (secondary N) is 1. The summed E-state index contributed by atoms with van der Waals surface area (Å²) in [5.41, 5.74) is 2.38. The first-order valence-electron chi connectivity index (χ1n) is 14.3. The fourth-order valence-electron chi connectivity index (χ4n) is 3.92. The van der Waals surface area contributed by atoms with E-state index in [1.807, 2.05) is 65.2 Å². The van der Waals surface area contributed by atoms with Crippen LogP contribution >= 0.6 is 23.4 Å². The van der Waals surface area contributed by atoms with E-state index < -0.39 is 6.17 Å². The highest BCUT2D eigenvalue weighted by Gasteiger charge is 2.36. The van der Waals surface area contributed by atoms with E-state index in [-0.39, 0.29) is 11.7 Å². The monoisotopic (exact) mass is 622 g/mol. The van der Waals surface area contributed by atoms with Crippen molar-refractivity contribution in [2.45, 2.75) is 67.5 Å². The maximum Gasteiger partial charge on any atom is 0.142 e. The van der Waals surface area contributed by atoms with E-state index in [0.717, 1.165) is 35.0 Å². The van der Waals surface area contributed by atoms with Crippen LogP contribution in [0.5, 0.6) is 0 Å². The minimum Gasteiger partial charge on any atom is -0.329 e. The molecule has 0 amide bonds. The number of thioether (sulfide) groups is 1. The number of allylic oxidation sites excluding steroid dienone is 7. The fourth-order valence-corrected chi connectivity index (χ4v) is 4.80. The molecule has 0 bridgehead atoms. The number of nitrogens with zero attached hydrogens (tertiary/aromatic N) is 3. The molecular formula is C33H49ClF2N4OS. The normalized spacial score (nSPS) is 17.4. The topological polar surface area (TPSA) is 62.9 Å². The molecule has 2 aliphatic heterocycles. The molecule has 0 spiro atoms. The van der Waals surface area contributed by atoms with Gasteiger partial charge in [0.1, 0.15) is 17.8 Å². The zero-order valence-electron chi connectivity index (χ0n) is 26.4. The van der Waals surface area contributed by atoms with Crippen LogP contribution in [-0.4, -0.2) is 59.6 Å². The number of rotatable bonds is 9. The predicted octanol–water partition coefficient (Wildman–Crippen LogP) is 9.88. The highest BCUT2D eigenvalue weighted by atomic mass is 35.5. The molecule has 1 aromatic rings. The van der Waals surface area contributed by atoms with Crippen LogP contribution in [0.25, 0.3) is 0 Å². The predicted molar refractivity (Wildman–Crippen MR) is 180 cm³/mol. The van der Waals surface area contributed by atoms with Crippen LogP contribution in [0.1, 0.15) is 61.3 Å². The lowest BCUT2D eigenvalue weighted by molar-refractivity contribution is -0.0746. The molecule has 2 N–H and O–H groups in total. The SMILES string of the molecule is CC.CC=C(S/C=C\C)C1=NCC(C(=N)/C=C\CC(C)F)=C2CC(CN(C)O)CN12.CC=CC.Fc1cccc(Cl)c1. The highest BCUT2D eigenvalue weighted by molar-refractivity contribution is 8.06. The zero-order valence-corrected chi connectivity index (χ0v) is 27.9. The van der Waals surface area contributed by atoms with E-state index in [2.05, 4.69) is 11.0 Å². The van der Waals surface area contributed by atoms with E-state index in [4.69, 9.17) is 22.0 Å². The van der Waals surface area contributed by atoms with Crippen LogP contribution in [0, 0.1) is 17.1 Å². The Labute approximate surface area is 261 Å². The van der Waals surface area contributed by atoms with Crippen LogP contribution in [0.15, 0.2) is 87.3 Å². The van der Waals surface area contributed by atoms with Crippen molar-refractivity contribution in [2.75, 3.05) is 26.7 Å². The molecule has 1 saturated heterocycles. The second kappa shape index (κ2) is 23.0. The van der Waals surface area contributed by atoms with Crippen LogP contribution in [0.4, 0.5) is 8.78 Å². The van der Waals surface area contributed by atoms with Crippen molar-refractivity contribution in [3.05, 3.63) is 93.1 Å². The largest absolute Gasteiger partial charge is 0.329 e. The van der Waals surface area contributed by atoms with E-state index in [9.17, 15) is 14.0 Å². The summed E-state index contributed by atoms with van der Waals surface area (Å²) in [6.45, 7) is 15.3. The summed E-state index contributed by atoms with van der Waals surface area (Å²) in [5.74, 6) is 0.898. The van der Waals surface area contributed by atoms with Gasteiger partial charge in [-0.2, -0.15) is 5.06 Å². The summed E-state index contributed by atoms with van der Waals surface area (Å²) in [6, 6.07) is 5.82.